The van der Waals surface area contributed by atoms with Crippen LogP contribution in [0, 0.1) is 34.5 Å². The predicted molar refractivity (Wildman–Crippen MR) is 132 cm³/mol. The van der Waals surface area contributed by atoms with Crippen LogP contribution in [-0.2, 0) is 28.6 Å². The molecule has 6 heteroatoms. The van der Waals surface area contributed by atoms with Gasteiger partial charge in [-0.3, -0.25) is 14.4 Å². The Morgan fingerprint density at radius 3 is 2.46 bits per heavy atom. The quantitative estimate of drug-likeness (QED) is 0.258. The third kappa shape index (κ3) is 4.97. The van der Waals surface area contributed by atoms with Crippen molar-refractivity contribution in [1.82, 2.24) is 0 Å². The monoisotopic (exact) mass is 488 g/mol. The molecule has 0 amide bonds. The van der Waals surface area contributed by atoms with Crippen LogP contribution in [-0.4, -0.2) is 43.6 Å². The SMILES string of the molecule is COC(=O)CCCCOC1C=C2C[C@@H](OC(C)=O)CC[C@]2(C)[C@H]2CC[C@]3(C)[C@@H](C(C)=O)CC[C@H]3[C@H]12. The van der Waals surface area contributed by atoms with E-state index >= 15 is 0 Å². The zero-order chi connectivity index (χ0) is 25.4. The highest BCUT2D eigenvalue weighted by Crippen LogP contribution is 2.66. The van der Waals surface area contributed by atoms with E-state index in [1.807, 2.05) is 0 Å². The predicted octanol–water partition coefficient (Wildman–Crippen LogP) is 5.42. The summed E-state index contributed by atoms with van der Waals surface area (Å²) in [5.74, 6) is 1.52. The van der Waals surface area contributed by atoms with Gasteiger partial charge in [-0.25, -0.2) is 0 Å². The molecular weight excluding hydrogens is 444 g/mol. The lowest BCUT2D eigenvalue weighted by atomic mass is 9.46. The number of ether oxygens (including phenoxy) is 3. The highest BCUT2D eigenvalue weighted by Gasteiger charge is 2.61. The molecule has 3 saturated carbocycles. The van der Waals surface area contributed by atoms with Gasteiger partial charge < -0.3 is 14.2 Å². The average molecular weight is 489 g/mol. The van der Waals surface area contributed by atoms with Gasteiger partial charge in [0.05, 0.1) is 13.2 Å². The highest BCUT2D eigenvalue weighted by molar-refractivity contribution is 5.79. The van der Waals surface area contributed by atoms with E-state index in [1.54, 1.807) is 6.92 Å². The van der Waals surface area contributed by atoms with Crippen LogP contribution in [0.2, 0.25) is 0 Å². The van der Waals surface area contributed by atoms with Crippen LogP contribution < -0.4 is 0 Å². The number of esters is 2. The van der Waals surface area contributed by atoms with Crippen LogP contribution in [0.1, 0.15) is 91.9 Å². The van der Waals surface area contributed by atoms with E-state index in [0.717, 1.165) is 57.8 Å². The van der Waals surface area contributed by atoms with Gasteiger partial charge in [0.2, 0.25) is 0 Å². The van der Waals surface area contributed by atoms with Gasteiger partial charge in [0.25, 0.3) is 0 Å². The Balaban J connectivity index is 1.58. The van der Waals surface area contributed by atoms with Crippen molar-refractivity contribution >= 4 is 17.7 Å². The van der Waals surface area contributed by atoms with E-state index in [0.29, 0.717) is 36.6 Å². The number of carbonyl (C=O) groups is 3. The summed E-state index contributed by atoms with van der Waals surface area (Å²) in [6, 6.07) is 0. The van der Waals surface area contributed by atoms with E-state index < -0.39 is 0 Å². The van der Waals surface area contributed by atoms with Gasteiger partial charge in [-0.15, -0.1) is 0 Å². The van der Waals surface area contributed by atoms with E-state index in [4.69, 9.17) is 14.2 Å². The smallest absolute Gasteiger partial charge is 0.305 e. The van der Waals surface area contributed by atoms with Crippen molar-refractivity contribution in [2.24, 2.45) is 34.5 Å². The first-order valence-electron chi connectivity index (χ1n) is 13.7. The van der Waals surface area contributed by atoms with E-state index in [1.165, 1.54) is 19.6 Å². The summed E-state index contributed by atoms with van der Waals surface area (Å²) in [6.45, 7) is 8.66. The lowest BCUT2D eigenvalue weighted by Crippen LogP contribution is -2.55. The molecule has 196 valence electrons. The van der Waals surface area contributed by atoms with Crippen molar-refractivity contribution in [2.75, 3.05) is 13.7 Å². The van der Waals surface area contributed by atoms with E-state index in [-0.39, 0.29) is 40.9 Å². The zero-order valence-corrected chi connectivity index (χ0v) is 22.3. The number of ketones is 1. The molecule has 0 N–H and O–H groups in total. The summed E-state index contributed by atoms with van der Waals surface area (Å²) < 4.78 is 17.0. The van der Waals surface area contributed by atoms with Crippen LogP contribution in [0.4, 0.5) is 0 Å². The molecule has 0 spiro atoms. The maximum atomic E-state index is 12.6. The van der Waals surface area contributed by atoms with E-state index in [2.05, 4.69) is 19.9 Å². The van der Waals surface area contributed by atoms with E-state index in [9.17, 15) is 14.4 Å². The fourth-order valence-corrected chi connectivity index (χ4v) is 8.44. The van der Waals surface area contributed by atoms with Crippen molar-refractivity contribution in [3.8, 4) is 0 Å². The molecule has 0 saturated heterocycles. The molecule has 0 radical (unpaired) electrons. The molecule has 0 aromatic heterocycles. The van der Waals surface area contributed by atoms with Gasteiger partial charge in [-0.2, -0.15) is 0 Å². The summed E-state index contributed by atoms with van der Waals surface area (Å²) in [5.41, 5.74) is 1.54. The van der Waals surface area contributed by atoms with Gasteiger partial charge >= 0.3 is 11.9 Å². The molecule has 0 aliphatic heterocycles. The minimum atomic E-state index is -0.207. The Labute approximate surface area is 210 Å². The summed E-state index contributed by atoms with van der Waals surface area (Å²) in [5, 5.41) is 0. The van der Waals surface area contributed by atoms with Gasteiger partial charge in [-0.1, -0.05) is 25.5 Å². The summed E-state index contributed by atoms with van der Waals surface area (Å²) in [4.78, 5) is 35.7. The van der Waals surface area contributed by atoms with Crippen molar-refractivity contribution in [1.29, 1.82) is 0 Å². The lowest BCUT2D eigenvalue weighted by Gasteiger charge is -2.59. The second-order valence-electron chi connectivity index (χ2n) is 12.0. The Morgan fingerprint density at radius 1 is 1.00 bits per heavy atom. The molecule has 0 aromatic rings. The molecule has 0 bridgehead atoms. The first-order chi connectivity index (χ1) is 16.6. The summed E-state index contributed by atoms with van der Waals surface area (Å²) >= 11 is 0. The average Bonchev–Trinajstić information content (AvgIpc) is 3.16. The first-order valence-corrected chi connectivity index (χ1v) is 13.7. The highest BCUT2D eigenvalue weighted by atomic mass is 16.5. The number of hydrogen-bond acceptors (Lipinski definition) is 6. The molecule has 6 nitrogen and oxygen atoms in total. The number of rotatable bonds is 8. The fraction of sp³-hybridized carbons (Fsp3) is 0.828. The molecule has 1 unspecified atom stereocenters. The number of fused-ring (bicyclic) bond motifs is 5. The van der Waals surface area contributed by atoms with Crippen LogP contribution in [0.5, 0.6) is 0 Å². The molecule has 0 aromatic carbocycles. The standard InChI is InChI=1S/C29H44O6/c1-18(30)22-9-10-23-27-24(12-14-29(22,23)4)28(3)13-11-21(35-19(2)31)16-20(28)17-25(27)34-15-7-6-8-26(32)33-5/h17,21-25,27H,6-16H2,1-5H3/t21-,22+,23-,24-,25?,27-,28-,29+/m0/s1. The summed E-state index contributed by atoms with van der Waals surface area (Å²) in [7, 11) is 1.42. The Kier molecular flexibility index (Phi) is 7.80. The van der Waals surface area contributed by atoms with Crippen molar-refractivity contribution in [3.05, 3.63) is 11.6 Å². The maximum absolute atomic E-state index is 12.6. The molecule has 0 heterocycles. The fourth-order valence-electron chi connectivity index (χ4n) is 8.44. The molecule has 3 fully saturated rings. The third-order valence-corrected chi connectivity index (χ3v) is 10.2. The Hall–Kier alpha value is -1.69. The number of hydrogen-bond donors (Lipinski definition) is 0. The van der Waals surface area contributed by atoms with Gasteiger partial charge in [0.15, 0.2) is 0 Å². The van der Waals surface area contributed by atoms with Gasteiger partial charge in [0, 0.05) is 32.3 Å². The second-order valence-corrected chi connectivity index (χ2v) is 12.0. The molecular formula is C29H44O6. The van der Waals surface area contributed by atoms with Gasteiger partial charge in [0.1, 0.15) is 11.9 Å². The third-order valence-electron chi connectivity index (χ3n) is 10.2. The molecule has 4 aliphatic carbocycles. The minimum absolute atomic E-state index is 0.00705. The Bertz CT molecular complexity index is 863. The topological polar surface area (TPSA) is 78.9 Å². The molecule has 4 aliphatic rings. The van der Waals surface area contributed by atoms with Gasteiger partial charge in [-0.05, 0) is 86.9 Å². The number of methoxy groups -OCH3 is 1. The van der Waals surface area contributed by atoms with Crippen molar-refractivity contribution in [3.63, 3.8) is 0 Å². The molecule has 35 heavy (non-hydrogen) atoms. The molecule has 4 rings (SSSR count). The first kappa shape index (κ1) is 26.4. The van der Waals surface area contributed by atoms with Crippen LogP contribution in [0.25, 0.3) is 0 Å². The maximum Gasteiger partial charge on any atom is 0.305 e. The second kappa shape index (κ2) is 10.4. The number of Topliss-reactive ketones (excluding diaryl/α,β-unsaturated/α-hetero) is 1. The largest absolute Gasteiger partial charge is 0.469 e. The lowest BCUT2D eigenvalue weighted by molar-refractivity contribution is -0.150. The number of carbonyl (C=O) groups excluding carboxylic acids is 3. The van der Waals surface area contributed by atoms with Crippen LogP contribution in [0.15, 0.2) is 11.6 Å². The summed E-state index contributed by atoms with van der Waals surface area (Å²) in [6.07, 6.45) is 11.4. The van der Waals surface area contributed by atoms with Crippen molar-refractivity contribution < 1.29 is 28.6 Å². The van der Waals surface area contributed by atoms with Crippen molar-refractivity contribution in [2.45, 2.75) is 104 Å². The van der Waals surface area contributed by atoms with Crippen LogP contribution >= 0.6 is 0 Å². The normalized spacial score (nSPS) is 40.1. The zero-order valence-electron chi connectivity index (χ0n) is 22.3. The minimum Gasteiger partial charge on any atom is -0.469 e. The molecule has 8 atom stereocenters. The van der Waals surface area contributed by atoms with Crippen LogP contribution in [0.3, 0.4) is 0 Å². The number of unbranched alkanes of at least 4 members (excludes halogenated alkanes) is 1. The Morgan fingerprint density at radius 2 is 1.77 bits per heavy atom.